The maximum Gasteiger partial charge on any atom is 0.335 e. The number of carbonyl (C=O) groups excluding carboxylic acids is 17. The molecular weight excluding hydrogens is 1890 g/mol. The van der Waals surface area contributed by atoms with E-state index in [1.54, 1.807) is 65.0 Å². The number of primary amides is 1. The number of ether oxygens (including phenoxy) is 3. The van der Waals surface area contributed by atoms with Gasteiger partial charge in [-0.3, -0.25) is 102 Å². The number of rotatable bonds is 68. The van der Waals surface area contributed by atoms with Gasteiger partial charge in [0, 0.05) is 45.3 Å². The number of aliphatic hydroxyl groups is 2. The lowest BCUT2D eigenvalue weighted by Gasteiger charge is -2.31. The van der Waals surface area contributed by atoms with Crippen molar-refractivity contribution < 1.29 is 139 Å². The van der Waals surface area contributed by atoms with Crippen molar-refractivity contribution >= 4 is 134 Å². The van der Waals surface area contributed by atoms with Crippen molar-refractivity contribution in [2.45, 2.75) is 262 Å². The standard InChI is InChI=1S/C88H142N24O29S/c1-11-49(8)70(82(131)103-58(27-28-67(119)120)76(125)102-57(22-17-33-98-88(94)95)75(124)106-61(43-53-23-25-54(115)26-24-53)79(128)101-55(73(89)122)20-15-31-96-86(90)91)109-84(133)72(51(10)114)111-81(130)69(48(6)7)108-83(132)71(50(9)113)110-80(129)62(42-52-18-13-12-14-19-52)107-78(127)60(41-47(4)5)105-77(126)59(40-46(2)3)104-74(123)56(21-16-32-97-87(92)93)100-65(117)45-99-64(116)29-34-138-36-38-140-39-37-139-35-30-68(121)141-112-66(118)44-63(85(112)134)142(135,136)137/h12-14,18-19,23-26,46-51,55-63,69-72,113-115H,11,15-17,20-22,27-45H2,1-10H3,(H2,89,122)(H,99,116)(H,100,117)(H,101,128)(H,102,125)(H,103,131)(H,104,123)(H,105,126)(H,106,124)(H,107,127)(H,108,132)(H,109,133)(H,110,129)(H,111,130)(H,119,120)(H4,90,91,96)(H4,92,93,97)(H4,94,95,98)(H,135,136,137)/t49-,50?,51?,55-,56-,57-,58-,59-,60-,61-,62-,63?,69-,70-,71-,72-/m0/s1. The Balaban J connectivity index is 1.82. The fraction of sp³-hybridized carbons (Fsp3) is 0.625. The van der Waals surface area contributed by atoms with E-state index in [1.807, 2.05) is 0 Å². The van der Waals surface area contributed by atoms with Crippen molar-refractivity contribution in [2.24, 2.45) is 46.6 Å². The van der Waals surface area contributed by atoms with E-state index in [4.69, 9.17) is 57.9 Å². The van der Waals surface area contributed by atoms with Gasteiger partial charge in [0.15, 0.2) is 23.1 Å². The van der Waals surface area contributed by atoms with Gasteiger partial charge in [0.05, 0.1) is 71.2 Å². The first-order chi connectivity index (χ1) is 66.7. The molecule has 16 amide bonds. The highest BCUT2D eigenvalue weighted by Gasteiger charge is 2.49. The Bertz CT molecular complexity index is 4710. The van der Waals surface area contributed by atoms with Crippen LogP contribution in [-0.4, -0.2) is 319 Å². The zero-order chi connectivity index (χ0) is 107. The average molecular weight is 2030 g/mol. The lowest BCUT2D eigenvalue weighted by molar-refractivity contribution is -0.198. The molecule has 3 unspecified atom stereocenters. The largest absolute Gasteiger partial charge is 0.508 e. The van der Waals surface area contributed by atoms with Crippen LogP contribution in [0.25, 0.3) is 0 Å². The maximum absolute atomic E-state index is 14.8. The van der Waals surface area contributed by atoms with Crippen LogP contribution >= 0.6 is 0 Å². The highest BCUT2D eigenvalue weighted by atomic mass is 32.2. The molecule has 1 heterocycles. The number of nitrogens with two attached hydrogens (primary N) is 4. The van der Waals surface area contributed by atoms with Gasteiger partial charge in [0.2, 0.25) is 82.7 Å². The molecule has 53 nitrogen and oxygen atoms in total. The highest BCUT2D eigenvalue weighted by molar-refractivity contribution is 7.87. The smallest absolute Gasteiger partial charge is 0.335 e. The van der Waals surface area contributed by atoms with E-state index in [1.165, 1.54) is 45.0 Å². The minimum absolute atomic E-state index is 0.00728. The van der Waals surface area contributed by atoms with E-state index in [0.29, 0.717) is 11.1 Å². The number of aliphatic hydroxyl groups excluding tert-OH is 2. The number of nitrogens with one attached hydrogen (secondary N) is 19. The van der Waals surface area contributed by atoms with E-state index in [2.05, 4.69) is 89.9 Å². The average Bonchev–Trinajstić information content (AvgIpc) is 1.65. The third-order valence-electron chi connectivity index (χ3n) is 21.7. The highest BCUT2D eigenvalue weighted by Crippen LogP contribution is 2.22. The van der Waals surface area contributed by atoms with Gasteiger partial charge in [-0.05, 0) is 119 Å². The Morgan fingerprint density at radius 3 is 1.23 bits per heavy atom. The van der Waals surface area contributed by atoms with Crippen LogP contribution in [0.4, 0.5) is 0 Å². The molecule has 0 aromatic heterocycles. The number of hydroxylamine groups is 2. The molecule has 54 heteroatoms. The van der Waals surface area contributed by atoms with Gasteiger partial charge in [0.25, 0.3) is 21.9 Å². The number of carboxylic acids is 1. The Hall–Kier alpha value is -13.6. The molecule has 32 N–H and O–H groups in total. The van der Waals surface area contributed by atoms with Crippen LogP contribution in [0.5, 0.6) is 5.75 Å². The Morgan fingerprint density at radius 2 is 0.803 bits per heavy atom. The van der Waals surface area contributed by atoms with Gasteiger partial charge < -0.3 is 147 Å². The van der Waals surface area contributed by atoms with Gasteiger partial charge in [-0.1, -0.05) is 104 Å². The van der Waals surface area contributed by atoms with Gasteiger partial charge in [-0.2, -0.15) is 8.42 Å². The second kappa shape index (κ2) is 63.3. The lowest BCUT2D eigenvalue weighted by atomic mass is 9.96. The molecule has 0 radical (unpaired) electrons. The molecule has 142 heavy (non-hydrogen) atoms. The SMILES string of the molecule is CC[C@H](C)[C@H](NC(=O)[C@@H](NC(=O)[C@@H](NC(=O)[C@@H](NC(=O)[C@H](Cc1ccccc1)NC(=O)[C@H](CC(C)C)NC(=O)[C@H](CC(C)C)NC(=O)[C@H](CCCNC(=N)N)NC(=O)CNC(=O)CCOCCOCCOCCC(=O)ON1C(=O)CC(S(=O)(=O)O)C1=O)C(C)O)C(C)C)C(C)O)C(=O)N[C@@H](CCC(=O)O)C(=O)N[C@@H](CCCNC(=N)N)C(=O)N[C@@H](Cc1ccc(O)cc1)C(=O)N[C@@H](CCCNC(=N)N)C(N)=O. The molecule has 2 aromatic carbocycles. The minimum Gasteiger partial charge on any atom is -0.508 e. The normalized spacial score (nSPS) is 15.6. The van der Waals surface area contributed by atoms with E-state index >= 15 is 0 Å². The van der Waals surface area contributed by atoms with Crippen molar-refractivity contribution in [1.29, 1.82) is 16.2 Å². The summed E-state index contributed by atoms with van der Waals surface area (Å²) in [7, 11) is -4.91. The molecule has 1 saturated heterocycles. The van der Waals surface area contributed by atoms with E-state index in [9.17, 15) is 115 Å². The molecule has 1 aliphatic heterocycles. The monoisotopic (exact) mass is 2030 g/mol. The third-order valence-corrected chi connectivity index (χ3v) is 22.8. The molecule has 0 bridgehead atoms. The number of amides is 16. The molecule has 794 valence electrons. The molecule has 1 fully saturated rings. The number of aromatic hydroxyl groups is 1. The molecule has 1 aliphatic rings. The Labute approximate surface area is 821 Å². The minimum atomic E-state index is -4.91. The van der Waals surface area contributed by atoms with Crippen molar-refractivity contribution in [2.75, 3.05) is 65.8 Å². The summed E-state index contributed by atoms with van der Waals surface area (Å²) in [6.07, 6.45) is -7.20. The third kappa shape index (κ3) is 47.1. The van der Waals surface area contributed by atoms with Gasteiger partial charge in [0.1, 0.15) is 78.3 Å². The summed E-state index contributed by atoms with van der Waals surface area (Å²) in [6, 6.07) is -5.60. The predicted octanol–water partition coefficient (Wildman–Crippen LogP) is -6.89. The molecular formula is C88H142N24O29S. The zero-order valence-corrected chi connectivity index (χ0v) is 82.1. The van der Waals surface area contributed by atoms with E-state index < -0.39 is 263 Å². The van der Waals surface area contributed by atoms with E-state index in [0.717, 1.165) is 13.8 Å². The van der Waals surface area contributed by atoms with Crippen LogP contribution in [0.1, 0.15) is 170 Å². The predicted molar refractivity (Wildman–Crippen MR) is 508 cm³/mol. The summed E-state index contributed by atoms with van der Waals surface area (Å²) < 4.78 is 47.9. The van der Waals surface area contributed by atoms with Crippen LogP contribution in [0.3, 0.4) is 0 Å². The molecule has 2 aromatic rings. The number of hydrogen-bond donors (Lipinski definition) is 28. The number of carboxylic acid groups (broad SMARTS) is 1. The second-order valence-corrected chi connectivity index (χ2v) is 36.6. The summed E-state index contributed by atoms with van der Waals surface area (Å²) >= 11 is 0. The number of guanidine groups is 3. The number of carbonyl (C=O) groups is 18. The van der Waals surface area contributed by atoms with Crippen LogP contribution in [0.2, 0.25) is 0 Å². The number of benzene rings is 2. The Morgan fingerprint density at radius 1 is 0.437 bits per heavy atom. The van der Waals surface area contributed by atoms with Crippen LogP contribution in [0.15, 0.2) is 54.6 Å². The number of phenols is 1. The molecule has 0 aliphatic carbocycles. The van der Waals surface area contributed by atoms with Crippen molar-refractivity contribution in [1.82, 2.24) is 90.1 Å². The van der Waals surface area contributed by atoms with E-state index in [-0.39, 0.29) is 165 Å². The maximum atomic E-state index is 14.8. The summed E-state index contributed by atoms with van der Waals surface area (Å²) in [5.74, 6) is -22.7. The number of imide groups is 1. The molecule has 0 spiro atoms. The fourth-order valence-electron chi connectivity index (χ4n) is 13.8. The number of phenolic OH excluding ortho intramolecular Hbond substituents is 1. The Kier molecular flexibility index (Phi) is 54.6. The molecule has 16 atom stereocenters. The zero-order valence-electron chi connectivity index (χ0n) is 81.2. The summed E-state index contributed by atoms with van der Waals surface area (Å²) in [5, 5.41) is 104. The van der Waals surface area contributed by atoms with Crippen LogP contribution in [0, 0.1) is 39.9 Å². The van der Waals surface area contributed by atoms with Gasteiger partial charge in [-0.15, -0.1) is 5.06 Å². The number of nitrogens with zero attached hydrogens (tertiary/aromatic N) is 1. The van der Waals surface area contributed by atoms with Crippen molar-refractivity contribution in [3.05, 3.63) is 65.7 Å². The summed E-state index contributed by atoms with van der Waals surface area (Å²) in [4.78, 5) is 252. The second-order valence-electron chi connectivity index (χ2n) is 35.0. The van der Waals surface area contributed by atoms with Crippen LogP contribution in [-0.2, 0) is 128 Å². The number of hydrogen-bond acceptors (Lipinski definition) is 30. The van der Waals surface area contributed by atoms with Crippen molar-refractivity contribution in [3.8, 4) is 5.75 Å². The molecule has 0 saturated carbocycles. The van der Waals surface area contributed by atoms with Crippen molar-refractivity contribution in [3.63, 3.8) is 0 Å². The lowest BCUT2D eigenvalue weighted by Crippen LogP contribution is -2.64. The quantitative estimate of drug-likeness (QED) is 0.00962. The summed E-state index contributed by atoms with van der Waals surface area (Å²) in [5.41, 5.74) is 22.9. The number of aliphatic carboxylic acids is 1. The first kappa shape index (κ1) is 123. The topological polar surface area (TPSA) is 851 Å². The summed E-state index contributed by atoms with van der Waals surface area (Å²) in [6.45, 7) is 14.4. The fourth-order valence-corrected chi connectivity index (χ4v) is 14.6. The van der Waals surface area contributed by atoms with Gasteiger partial charge in [-0.25, -0.2) is 4.79 Å². The van der Waals surface area contributed by atoms with Crippen LogP contribution < -0.4 is 108 Å². The van der Waals surface area contributed by atoms with Gasteiger partial charge >= 0.3 is 11.9 Å². The molecule has 3 rings (SSSR count). The first-order valence-corrected chi connectivity index (χ1v) is 47.8. The first-order valence-electron chi connectivity index (χ1n) is 46.3.